The Hall–Kier alpha value is -12.2. The van der Waals surface area contributed by atoms with Crippen molar-refractivity contribution in [1.29, 1.82) is 0 Å². The van der Waals surface area contributed by atoms with Crippen LogP contribution in [0.5, 0.6) is 46.0 Å². The summed E-state index contributed by atoms with van der Waals surface area (Å²) in [6.45, 7) is 10.6. The van der Waals surface area contributed by atoms with E-state index in [1.165, 1.54) is 11.0 Å². The number of hydrogen-bond acceptors (Lipinski definition) is 13. The molecular weight excluding hydrogens is 1260 g/mol. The number of anilines is 3. The Morgan fingerprint density at radius 1 is 0.470 bits per heavy atom. The summed E-state index contributed by atoms with van der Waals surface area (Å²) in [7, 11) is 0. The molecule has 6 amide bonds. The van der Waals surface area contributed by atoms with Gasteiger partial charge in [-0.2, -0.15) is 4.98 Å². The molecule has 11 aromatic carbocycles. The maximum Gasteiger partial charge on any atom is 0.321 e. The molecule has 18 heteroatoms. The summed E-state index contributed by atoms with van der Waals surface area (Å²) in [5, 5.41) is 8.25. The monoisotopic (exact) mass is 1330 g/mol. The molecule has 3 N–H and O–H groups in total. The number of aromatic amines is 1. The van der Waals surface area contributed by atoms with Gasteiger partial charge in [0.15, 0.2) is 0 Å². The van der Waals surface area contributed by atoms with Gasteiger partial charge in [0.2, 0.25) is 5.95 Å². The number of unbranched alkanes of at least 4 members (excludes halogenated alkanes) is 1. The number of para-hydroxylation sites is 5. The van der Waals surface area contributed by atoms with E-state index in [1.54, 1.807) is 84.9 Å². The van der Waals surface area contributed by atoms with E-state index in [2.05, 4.69) is 20.6 Å². The van der Waals surface area contributed by atoms with Gasteiger partial charge in [-0.15, -0.1) is 0 Å². The van der Waals surface area contributed by atoms with Crippen molar-refractivity contribution in [3.8, 4) is 46.0 Å². The molecule has 14 rings (SSSR count). The molecule has 0 aliphatic carbocycles. The maximum atomic E-state index is 16.2. The minimum Gasteiger partial charge on any atom is -0.466 e. The van der Waals surface area contributed by atoms with Gasteiger partial charge in [-0.1, -0.05) is 144 Å². The van der Waals surface area contributed by atoms with Gasteiger partial charge in [-0.25, -0.2) is 14.6 Å². The number of esters is 1. The molecule has 100 heavy (non-hydrogen) atoms. The van der Waals surface area contributed by atoms with Crippen LogP contribution < -0.4 is 44.9 Å². The third-order valence-electron chi connectivity index (χ3n) is 18.1. The van der Waals surface area contributed by atoms with Gasteiger partial charge in [-0.3, -0.25) is 34.1 Å². The van der Waals surface area contributed by atoms with Crippen molar-refractivity contribution in [3.63, 3.8) is 0 Å². The number of aryl methyl sites for hydroxylation is 2. The van der Waals surface area contributed by atoms with Crippen LogP contribution in [0.1, 0.15) is 142 Å². The molecule has 0 fully saturated rings. The molecule has 2 aliphatic rings. The van der Waals surface area contributed by atoms with Gasteiger partial charge in [0.05, 0.1) is 40.2 Å². The molecule has 500 valence electrons. The van der Waals surface area contributed by atoms with E-state index in [9.17, 15) is 14.4 Å². The minimum atomic E-state index is -0.640. The lowest BCUT2D eigenvalue weighted by Gasteiger charge is -2.34. The van der Waals surface area contributed by atoms with E-state index in [0.717, 1.165) is 28.0 Å². The molecule has 0 saturated heterocycles. The molecule has 0 radical (unpaired) electrons. The SMILES string of the molecule is CCCc1cc(=O)nc(NC(=O)NCCCCOC(=O)CCCc2ccc(N3C(=O)c4cc(Oc5ccccc5)c5c6c(Oc7ccccc7)cc7c8c(cc(Oc9ccccc9)c(c9c(Oc%10ccccc%10)cc(c4c59)C3=O)c86)C(=O)N(c3c(C(C)C)cccc3C(C)C)C7=O)cc2)[nH]1. The second-order valence-electron chi connectivity index (χ2n) is 25.5. The molecule has 0 saturated carbocycles. The molecule has 0 unspecified atom stereocenters. The number of imide groups is 2. The quantitative estimate of drug-likeness (QED) is 0.0168. The van der Waals surface area contributed by atoms with E-state index in [0.29, 0.717) is 116 Å². The fourth-order valence-corrected chi connectivity index (χ4v) is 13.6. The number of aromatic nitrogens is 2. The van der Waals surface area contributed by atoms with Crippen molar-refractivity contribution in [1.82, 2.24) is 15.3 Å². The van der Waals surface area contributed by atoms with Crippen LogP contribution in [0.4, 0.5) is 22.1 Å². The molecular formula is C82H70N6O12. The van der Waals surface area contributed by atoms with Gasteiger partial charge in [0.25, 0.3) is 29.2 Å². The highest BCUT2D eigenvalue weighted by Crippen LogP contribution is 2.58. The Labute approximate surface area is 575 Å². The number of benzene rings is 11. The van der Waals surface area contributed by atoms with Crippen LogP contribution in [0.15, 0.2) is 199 Å². The highest BCUT2D eigenvalue weighted by atomic mass is 16.5. The zero-order valence-electron chi connectivity index (χ0n) is 55.7. The standard InChI is InChI=1S/C82H70N6O12/c1-6-23-50-42-66(89)85-81(84-50)86-82(95)83-40-19-20-41-96-67(90)35-21-24-49-36-38-51(39-37-49)87-77(91)58-43-62(97-52-25-11-7-12-26-52)70-72-64(99-54-29-15-9-16-30-54)45-60-69-61(80(94)88(79(60)93)76-56(47(2)3)33-22-34-57(76)48(4)5)46-65(100-55-31-17-10-18-32-55)73(75(69)72)71-63(98-53-27-13-8-14-28-53)44-59(78(87)92)68(58)74(70)71/h7-18,22,25-34,36-39,42-48H,6,19-21,23-24,35,40-41H2,1-5H3,(H3,83,84,85,86,89,95). The zero-order chi connectivity index (χ0) is 69.3. The normalized spacial score (nSPS) is 12.8. The zero-order valence-corrected chi connectivity index (χ0v) is 55.7. The predicted molar refractivity (Wildman–Crippen MR) is 386 cm³/mol. The Balaban J connectivity index is 0.872. The fourth-order valence-electron chi connectivity index (χ4n) is 13.6. The lowest BCUT2D eigenvalue weighted by Crippen LogP contribution is -2.42. The van der Waals surface area contributed by atoms with E-state index >= 15 is 19.2 Å². The predicted octanol–water partition coefficient (Wildman–Crippen LogP) is 18.3. The third kappa shape index (κ3) is 12.5. The maximum absolute atomic E-state index is 16.2. The lowest BCUT2D eigenvalue weighted by molar-refractivity contribution is -0.143. The molecule has 0 spiro atoms. The first kappa shape index (κ1) is 65.1. The number of carbonyl (C=O) groups is 6. The summed E-state index contributed by atoms with van der Waals surface area (Å²) in [5.41, 5.74) is 4.15. The van der Waals surface area contributed by atoms with Crippen LogP contribution in [-0.2, 0) is 22.4 Å². The van der Waals surface area contributed by atoms with Crippen LogP contribution in [0, 0.1) is 0 Å². The van der Waals surface area contributed by atoms with Crippen molar-refractivity contribution in [2.75, 3.05) is 28.3 Å². The van der Waals surface area contributed by atoms with Gasteiger partial charge in [-0.05, 0) is 146 Å². The number of carbonyl (C=O) groups excluding carboxylic acids is 6. The second-order valence-corrected chi connectivity index (χ2v) is 25.5. The summed E-state index contributed by atoms with van der Waals surface area (Å²) < 4.78 is 34.0. The Morgan fingerprint density at radius 2 is 0.900 bits per heavy atom. The van der Waals surface area contributed by atoms with Crippen molar-refractivity contribution >= 4 is 96.0 Å². The Kier molecular flexibility index (Phi) is 18.1. The van der Waals surface area contributed by atoms with Crippen LogP contribution in [0.25, 0.3) is 43.1 Å². The molecule has 2 aliphatic heterocycles. The van der Waals surface area contributed by atoms with Crippen LogP contribution >= 0.6 is 0 Å². The smallest absolute Gasteiger partial charge is 0.321 e. The largest absolute Gasteiger partial charge is 0.466 e. The molecule has 0 bridgehead atoms. The first-order valence-electron chi connectivity index (χ1n) is 33.7. The van der Waals surface area contributed by atoms with E-state index < -0.39 is 35.2 Å². The average Bonchev–Trinajstić information content (AvgIpc) is 0.671. The van der Waals surface area contributed by atoms with Crippen molar-refractivity contribution in [2.24, 2.45) is 0 Å². The first-order chi connectivity index (χ1) is 48.6. The summed E-state index contributed by atoms with van der Waals surface area (Å²) >= 11 is 0. The van der Waals surface area contributed by atoms with Gasteiger partial charge in [0.1, 0.15) is 46.0 Å². The highest BCUT2D eigenvalue weighted by Gasteiger charge is 2.43. The van der Waals surface area contributed by atoms with Gasteiger partial charge in [0, 0.05) is 67.8 Å². The number of amides is 6. The molecule has 0 atom stereocenters. The van der Waals surface area contributed by atoms with Gasteiger partial charge < -0.3 is 34.0 Å². The van der Waals surface area contributed by atoms with E-state index in [-0.39, 0.29) is 87.7 Å². The highest BCUT2D eigenvalue weighted by molar-refractivity contribution is 6.48. The van der Waals surface area contributed by atoms with E-state index in [4.69, 9.17) is 23.7 Å². The second kappa shape index (κ2) is 27.7. The Bertz CT molecular complexity index is 5020. The number of ether oxygens (including phenoxy) is 5. The van der Waals surface area contributed by atoms with Crippen molar-refractivity contribution in [3.05, 3.63) is 249 Å². The van der Waals surface area contributed by atoms with Gasteiger partial charge >= 0.3 is 12.0 Å². The summed E-state index contributed by atoms with van der Waals surface area (Å²) in [4.78, 5) is 111. The first-order valence-corrected chi connectivity index (χ1v) is 33.7. The number of fused-ring (bicyclic) bond motifs is 2. The lowest BCUT2D eigenvalue weighted by atomic mass is 9.80. The third-order valence-corrected chi connectivity index (χ3v) is 18.1. The number of urea groups is 1. The minimum absolute atomic E-state index is 0.0672. The van der Waals surface area contributed by atoms with Crippen LogP contribution in [0.2, 0.25) is 0 Å². The Morgan fingerprint density at radius 3 is 1.32 bits per heavy atom. The number of nitrogens with one attached hydrogen (secondary N) is 3. The number of nitrogens with zero attached hydrogens (tertiary/aromatic N) is 3. The van der Waals surface area contributed by atoms with Crippen LogP contribution in [-0.4, -0.2) is 58.7 Å². The van der Waals surface area contributed by atoms with Crippen molar-refractivity contribution in [2.45, 2.75) is 91.4 Å². The molecule has 12 aromatic rings. The topological polar surface area (TPSA) is 225 Å². The summed E-state index contributed by atoms with van der Waals surface area (Å²) in [6.07, 6.45) is 3.59. The number of rotatable bonds is 24. The molecule has 18 nitrogen and oxygen atoms in total. The molecule has 3 heterocycles. The summed E-state index contributed by atoms with van der Waals surface area (Å²) in [6, 6.07) is 57.1. The fraction of sp³-hybridized carbons (Fsp3) is 0.195. The summed E-state index contributed by atoms with van der Waals surface area (Å²) in [5.74, 6) is -0.422. The number of H-pyrrole nitrogens is 1. The number of hydrogen-bond donors (Lipinski definition) is 3. The van der Waals surface area contributed by atoms with Crippen LogP contribution in [0.3, 0.4) is 0 Å². The molecule has 1 aromatic heterocycles. The van der Waals surface area contributed by atoms with E-state index in [1.807, 2.05) is 138 Å². The van der Waals surface area contributed by atoms with Crippen molar-refractivity contribution < 1.29 is 52.5 Å². The average molecular weight is 1330 g/mol.